The van der Waals surface area contributed by atoms with Gasteiger partial charge in [-0.1, -0.05) is 38.0 Å². The van der Waals surface area contributed by atoms with Crippen LogP contribution in [0, 0.1) is 28.2 Å². The summed E-state index contributed by atoms with van der Waals surface area (Å²) in [6, 6.07) is 9.78. The van der Waals surface area contributed by atoms with Crippen LogP contribution in [0.2, 0.25) is 0 Å². The average molecular weight is 343 g/mol. The smallest absolute Gasteiger partial charge is 0.138 e. The summed E-state index contributed by atoms with van der Waals surface area (Å²) in [7, 11) is 0. The van der Waals surface area contributed by atoms with Gasteiger partial charge in [-0.15, -0.1) is 0 Å². The maximum absolute atomic E-state index is 14.6. The van der Waals surface area contributed by atoms with Gasteiger partial charge in [-0.3, -0.25) is 0 Å². The lowest BCUT2D eigenvalue weighted by Crippen LogP contribution is -2.11. The zero-order chi connectivity index (χ0) is 17.1. The van der Waals surface area contributed by atoms with E-state index in [1.807, 2.05) is 11.5 Å². The highest BCUT2D eigenvalue weighted by molar-refractivity contribution is 8.03. The molecule has 24 heavy (non-hydrogen) atoms. The molecule has 124 valence electrons. The number of thioether (sulfide) groups is 1. The van der Waals surface area contributed by atoms with Gasteiger partial charge < -0.3 is 0 Å². The van der Waals surface area contributed by atoms with Gasteiger partial charge in [-0.05, 0) is 65.8 Å². The average Bonchev–Trinajstić information content (AvgIpc) is 2.57. The molecule has 2 aromatic rings. The van der Waals surface area contributed by atoms with Crippen LogP contribution in [0.5, 0.6) is 0 Å². The maximum Gasteiger partial charge on any atom is 0.138 e. The van der Waals surface area contributed by atoms with E-state index in [1.165, 1.54) is 25.0 Å². The Morgan fingerprint density at radius 3 is 2.38 bits per heavy atom. The Hall–Kier alpha value is -1.86. The molecule has 0 aromatic heterocycles. The summed E-state index contributed by atoms with van der Waals surface area (Å²) in [4.78, 5) is 0.259. The summed E-state index contributed by atoms with van der Waals surface area (Å²) < 4.78 is 28.5. The quantitative estimate of drug-likeness (QED) is 0.469. The number of nitriles is 1. The van der Waals surface area contributed by atoms with E-state index < -0.39 is 5.82 Å². The van der Waals surface area contributed by atoms with Crippen molar-refractivity contribution >= 4 is 11.8 Å². The highest BCUT2D eigenvalue weighted by Crippen LogP contribution is 2.37. The monoisotopic (exact) mass is 343 g/mol. The zero-order valence-electron chi connectivity index (χ0n) is 13.6. The fourth-order valence-corrected chi connectivity index (χ4v) is 3.80. The first-order valence-corrected chi connectivity index (χ1v) is 9.05. The highest BCUT2D eigenvalue weighted by Gasteiger charge is 2.21. The molecule has 1 saturated carbocycles. The minimum absolute atomic E-state index is 0.259. The molecule has 0 heterocycles. The highest BCUT2D eigenvalue weighted by atomic mass is 32.2. The Bertz CT molecular complexity index is 774. The molecule has 0 amide bonds. The molecule has 2 aromatic carbocycles. The molecule has 3 rings (SSSR count). The van der Waals surface area contributed by atoms with Crippen LogP contribution < -0.4 is 0 Å². The van der Waals surface area contributed by atoms with E-state index in [2.05, 4.69) is 6.92 Å². The van der Waals surface area contributed by atoms with Crippen LogP contribution in [0.1, 0.15) is 44.1 Å². The number of rotatable bonds is 3. The minimum atomic E-state index is -0.496. The van der Waals surface area contributed by atoms with Crippen LogP contribution >= 0.6 is 11.8 Å². The fourth-order valence-electron chi connectivity index (χ4n) is 3.41. The second kappa shape index (κ2) is 7.36. The van der Waals surface area contributed by atoms with Crippen molar-refractivity contribution in [1.82, 2.24) is 0 Å². The lowest BCUT2D eigenvalue weighted by atomic mass is 9.79. The van der Waals surface area contributed by atoms with Crippen LogP contribution in [-0.4, -0.2) is 0 Å². The maximum atomic E-state index is 14.6. The van der Waals surface area contributed by atoms with Gasteiger partial charge in [0.1, 0.15) is 17.0 Å². The molecule has 1 fully saturated rings. The van der Waals surface area contributed by atoms with E-state index in [1.54, 1.807) is 18.2 Å². The number of nitrogens with zero attached hydrogens (tertiary/aromatic N) is 1. The van der Waals surface area contributed by atoms with Crippen molar-refractivity contribution in [3.05, 3.63) is 53.6 Å². The third-order valence-electron chi connectivity index (χ3n) is 4.88. The molecule has 4 heteroatoms. The Kier molecular flexibility index (Phi) is 5.20. The first-order valence-electron chi connectivity index (χ1n) is 8.23. The number of hydrogen-bond acceptors (Lipinski definition) is 2. The van der Waals surface area contributed by atoms with Crippen molar-refractivity contribution in [2.75, 3.05) is 0 Å². The fraction of sp³-hybridized carbons (Fsp3) is 0.350. The van der Waals surface area contributed by atoms with Gasteiger partial charge in [0.25, 0.3) is 0 Å². The van der Waals surface area contributed by atoms with Gasteiger partial charge in [0.2, 0.25) is 0 Å². The van der Waals surface area contributed by atoms with E-state index in [0.717, 1.165) is 36.1 Å². The Morgan fingerprint density at radius 1 is 1.00 bits per heavy atom. The molecule has 0 spiro atoms. The Morgan fingerprint density at radius 2 is 1.75 bits per heavy atom. The van der Waals surface area contributed by atoms with E-state index >= 15 is 0 Å². The molecule has 0 aliphatic heterocycles. The van der Waals surface area contributed by atoms with Crippen molar-refractivity contribution in [2.45, 2.75) is 43.4 Å². The molecule has 1 nitrogen and oxygen atoms in total. The second-order valence-electron chi connectivity index (χ2n) is 6.53. The SMILES string of the molecule is CC1CCC(c2ccc(-c3ccc(SC#N)c(F)c3)c(F)c2)CC1. The molecule has 0 atom stereocenters. The van der Waals surface area contributed by atoms with E-state index in [9.17, 15) is 8.78 Å². The number of halogens is 2. The van der Waals surface area contributed by atoms with Gasteiger partial charge in [0, 0.05) is 5.56 Å². The molecular formula is C20H19F2NS. The van der Waals surface area contributed by atoms with Crippen molar-refractivity contribution < 1.29 is 8.78 Å². The molecule has 1 aliphatic rings. The summed E-state index contributed by atoms with van der Waals surface area (Å²) in [5.41, 5.74) is 1.94. The van der Waals surface area contributed by atoms with E-state index in [0.29, 0.717) is 17.0 Å². The summed E-state index contributed by atoms with van der Waals surface area (Å²) in [6.45, 7) is 2.27. The topological polar surface area (TPSA) is 23.8 Å². The van der Waals surface area contributed by atoms with Crippen LogP contribution in [0.25, 0.3) is 11.1 Å². The van der Waals surface area contributed by atoms with Crippen LogP contribution in [0.4, 0.5) is 8.78 Å². The van der Waals surface area contributed by atoms with E-state index in [4.69, 9.17) is 5.26 Å². The molecule has 0 saturated heterocycles. The summed E-state index contributed by atoms with van der Waals surface area (Å²) >= 11 is 0.768. The standard InChI is InChI=1S/C20H19F2NS/c1-13-2-4-14(5-3-13)15-6-8-17(18(21)10-15)16-7-9-20(24-12-23)19(22)11-16/h6-11,13-14H,2-5H2,1H3. The van der Waals surface area contributed by atoms with Gasteiger partial charge in [-0.25, -0.2) is 8.78 Å². The first kappa shape index (κ1) is 17.0. The van der Waals surface area contributed by atoms with Gasteiger partial charge in [0.15, 0.2) is 0 Å². The summed E-state index contributed by atoms with van der Waals surface area (Å²) in [5.74, 6) is 0.379. The van der Waals surface area contributed by atoms with Crippen molar-refractivity contribution in [3.63, 3.8) is 0 Å². The van der Waals surface area contributed by atoms with Gasteiger partial charge in [0.05, 0.1) is 4.90 Å². The molecule has 0 bridgehead atoms. The van der Waals surface area contributed by atoms with Crippen molar-refractivity contribution in [1.29, 1.82) is 5.26 Å². The van der Waals surface area contributed by atoms with Crippen molar-refractivity contribution in [2.24, 2.45) is 5.92 Å². The normalized spacial score (nSPS) is 20.6. The van der Waals surface area contributed by atoms with E-state index in [-0.39, 0.29) is 10.7 Å². The van der Waals surface area contributed by atoms with Crippen LogP contribution in [0.3, 0.4) is 0 Å². The molecule has 0 radical (unpaired) electrons. The molecular weight excluding hydrogens is 324 g/mol. The van der Waals surface area contributed by atoms with Crippen LogP contribution in [-0.2, 0) is 0 Å². The Balaban J connectivity index is 1.85. The molecule has 0 unspecified atom stereocenters. The van der Waals surface area contributed by atoms with Crippen LogP contribution in [0.15, 0.2) is 41.3 Å². The zero-order valence-corrected chi connectivity index (χ0v) is 14.4. The van der Waals surface area contributed by atoms with Gasteiger partial charge in [-0.2, -0.15) is 5.26 Å². The third-order valence-corrected chi connectivity index (χ3v) is 5.52. The largest absolute Gasteiger partial charge is 0.206 e. The number of hydrogen-bond donors (Lipinski definition) is 0. The summed E-state index contributed by atoms with van der Waals surface area (Å²) in [5, 5.41) is 10.5. The third kappa shape index (κ3) is 3.62. The molecule has 1 aliphatic carbocycles. The number of benzene rings is 2. The number of thiocyanates is 1. The first-order chi connectivity index (χ1) is 11.6. The predicted molar refractivity (Wildman–Crippen MR) is 93.6 cm³/mol. The van der Waals surface area contributed by atoms with Crippen molar-refractivity contribution in [3.8, 4) is 16.5 Å². The lowest BCUT2D eigenvalue weighted by Gasteiger charge is -2.26. The lowest BCUT2D eigenvalue weighted by molar-refractivity contribution is 0.347. The Labute approximate surface area is 145 Å². The molecule has 0 N–H and O–H groups in total. The minimum Gasteiger partial charge on any atom is -0.206 e. The summed E-state index contributed by atoms with van der Waals surface area (Å²) in [6.07, 6.45) is 4.60. The second-order valence-corrected chi connectivity index (χ2v) is 7.36. The predicted octanol–water partition coefficient (Wildman–Crippen LogP) is 6.50. The van der Waals surface area contributed by atoms with Gasteiger partial charge >= 0.3 is 0 Å².